The molecule has 4 nitrogen and oxygen atoms in total. The normalized spacial score (nSPS) is 13.9. The molecule has 1 N–H and O–H groups in total. The van der Waals surface area contributed by atoms with E-state index in [1.54, 1.807) is 24.3 Å². The molecule has 0 bridgehead atoms. The molecule has 0 aromatic heterocycles. The van der Waals surface area contributed by atoms with Gasteiger partial charge >= 0.3 is 6.09 Å². The lowest BCUT2D eigenvalue weighted by molar-refractivity contribution is 0.138. The van der Waals surface area contributed by atoms with Crippen molar-refractivity contribution in [2.75, 3.05) is 0 Å². The van der Waals surface area contributed by atoms with Crippen molar-refractivity contribution in [1.29, 1.82) is 0 Å². The SMILES string of the molecule is Cc1ccc(C(NC(=O)OCc2ccccc2)P(=O)(Cl)c2ccccc2)cc1. The molecule has 0 saturated carbocycles. The summed E-state index contributed by atoms with van der Waals surface area (Å²) >= 11 is 6.55. The van der Waals surface area contributed by atoms with E-state index in [0.29, 0.717) is 10.9 Å². The summed E-state index contributed by atoms with van der Waals surface area (Å²) in [6.07, 6.45) is -0.675. The highest BCUT2D eigenvalue weighted by Gasteiger charge is 2.35. The number of amides is 1. The predicted molar refractivity (Wildman–Crippen MR) is 113 cm³/mol. The van der Waals surface area contributed by atoms with E-state index in [2.05, 4.69) is 5.32 Å². The largest absolute Gasteiger partial charge is 0.445 e. The maximum atomic E-state index is 13.5. The van der Waals surface area contributed by atoms with Crippen molar-refractivity contribution in [2.24, 2.45) is 0 Å². The summed E-state index contributed by atoms with van der Waals surface area (Å²) in [5, 5.41) is 3.18. The minimum atomic E-state index is -3.48. The van der Waals surface area contributed by atoms with Gasteiger partial charge < -0.3 is 10.1 Å². The summed E-state index contributed by atoms with van der Waals surface area (Å²) in [5.74, 6) is -0.902. The number of hydrogen-bond donors (Lipinski definition) is 1. The van der Waals surface area contributed by atoms with Gasteiger partial charge in [-0.2, -0.15) is 0 Å². The lowest BCUT2D eigenvalue weighted by Crippen LogP contribution is -2.30. The van der Waals surface area contributed by atoms with Gasteiger partial charge in [-0.3, -0.25) is 4.57 Å². The predicted octanol–water partition coefficient (Wildman–Crippen LogP) is 5.76. The zero-order valence-corrected chi connectivity index (χ0v) is 17.1. The highest BCUT2D eigenvalue weighted by Crippen LogP contribution is 2.61. The molecule has 0 aliphatic rings. The van der Waals surface area contributed by atoms with Gasteiger partial charge in [0.05, 0.1) is 0 Å². The summed E-state index contributed by atoms with van der Waals surface area (Å²) in [5.41, 5.74) is 2.57. The van der Waals surface area contributed by atoms with Gasteiger partial charge in [-0.1, -0.05) is 90.5 Å². The monoisotopic (exact) mass is 413 g/mol. The maximum absolute atomic E-state index is 13.5. The molecule has 1 amide bonds. The van der Waals surface area contributed by atoms with Crippen molar-refractivity contribution in [2.45, 2.75) is 19.3 Å². The third-order valence-corrected chi connectivity index (χ3v) is 7.57. The van der Waals surface area contributed by atoms with Gasteiger partial charge in [0.15, 0.2) is 0 Å². The molecule has 6 heteroatoms. The van der Waals surface area contributed by atoms with Gasteiger partial charge in [0, 0.05) is 5.30 Å². The van der Waals surface area contributed by atoms with Crippen molar-refractivity contribution in [1.82, 2.24) is 5.32 Å². The van der Waals surface area contributed by atoms with E-state index in [4.69, 9.17) is 16.0 Å². The molecule has 0 aliphatic heterocycles. The Morgan fingerprint density at radius 1 is 0.964 bits per heavy atom. The first-order chi connectivity index (χ1) is 13.5. The van der Waals surface area contributed by atoms with E-state index in [1.807, 2.05) is 67.6 Å². The van der Waals surface area contributed by atoms with Crippen LogP contribution >= 0.6 is 17.7 Å². The molecule has 2 atom stereocenters. The lowest BCUT2D eigenvalue weighted by Gasteiger charge is -2.24. The standard InChI is InChI=1S/C22H21ClNO3P/c1-17-12-14-19(15-13-17)21(28(23,26)20-10-6-3-7-11-20)24-22(25)27-16-18-8-4-2-5-9-18/h2-15,21H,16H2,1H3,(H,24,25). The maximum Gasteiger partial charge on any atom is 0.408 e. The number of aryl methyl sites for hydroxylation is 1. The second-order valence-corrected chi connectivity index (χ2v) is 10.1. The second kappa shape index (κ2) is 9.09. The van der Waals surface area contributed by atoms with Gasteiger partial charge in [-0.05, 0) is 29.3 Å². The number of halogens is 1. The van der Waals surface area contributed by atoms with Gasteiger partial charge in [-0.25, -0.2) is 4.79 Å². The smallest absolute Gasteiger partial charge is 0.408 e. The molecule has 0 fully saturated rings. The number of benzene rings is 3. The van der Waals surface area contributed by atoms with Crippen LogP contribution in [0.5, 0.6) is 0 Å². The third-order valence-electron chi connectivity index (χ3n) is 4.30. The van der Waals surface area contributed by atoms with Crippen molar-refractivity contribution in [3.8, 4) is 0 Å². The highest BCUT2D eigenvalue weighted by atomic mass is 35.7. The topological polar surface area (TPSA) is 55.4 Å². The van der Waals surface area contributed by atoms with Crippen LogP contribution in [0.15, 0.2) is 84.9 Å². The van der Waals surface area contributed by atoms with Gasteiger partial charge in [0.2, 0.25) is 6.49 Å². The molecule has 0 heterocycles. The number of nitrogens with one attached hydrogen (secondary N) is 1. The first-order valence-corrected chi connectivity index (χ1v) is 11.5. The number of ether oxygens (including phenoxy) is 1. The first-order valence-electron chi connectivity index (χ1n) is 8.85. The summed E-state index contributed by atoms with van der Waals surface area (Å²) in [4.78, 5) is 12.4. The molecule has 0 spiro atoms. The molecule has 0 radical (unpaired) electrons. The van der Waals surface area contributed by atoms with Gasteiger partial charge in [-0.15, -0.1) is 0 Å². The Bertz CT molecular complexity index is 962. The van der Waals surface area contributed by atoms with Crippen LogP contribution in [0.1, 0.15) is 22.5 Å². The molecule has 0 aliphatic carbocycles. The highest BCUT2D eigenvalue weighted by molar-refractivity contribution is 7.95. The molecule has 28 heavy (non-hydrogen) atoms. The van der Waals surface area contributed by atoms with E-state index in [0.717, 1.165) is 11.1 Å². The second-order valence-electron chi connectivity index (χ2n) is 6.43. The van der Waals surface area contributed by atoms with Crippen LogP contribution in [0.3, 0.4) is 0 Å². The van der Waals surface area contributed by atoms with Crippen LogP contribution in [0, 0.1) is 6.92 Å². The van der Waals surface area contributed by atoms with Crippen molar-refractivity contribution in [3.05, 3.63) is 102 Å². The van der Waals surface area contributed by atoms with Gasteiger partial charge in [0.1, 0.15) is 12.4 Å². The summed E-state index contributed by atoms with van der Waals surface area (Å²) in [7, 11) is 0. The Morgan fingerprint density at radius 3 is 2.14 bits per heavy atom. The fraction of sp³-hybridized carbons (Fsp3) is 0.136. The number of carbonyl (C=O) groups is 1. The number of alkyl carbamates (subject to hydrolysis) is 1. The molecule has 0 saturated heterocycles. The number of carbonyl (C=O) groups excluding carboxylic acids is 1. The Morgan fingerprint density at radius 2 is 1.54 bits per heavy atom. The summed E-state index contributed by atoms with van der Waals surface area (Å²) in [6, 6.07) is 25.5. The van der Waals surface area contributed by atoms with Gasteiger partial charge in [0.25, 0.3) is 0 Å². The third kappa shape index (κ3) is 5.03. The molecule has 2 unspecified atom stereocenters. The van der Waals surface area contributed by atoms with Crippen molar-refractivity contribution < 1.29 is 14.1 Å². The Balaban J connectivity index is 1.83. The van der Waals surface area contributed by atoms with E-state index in [9.17, 15) is 9.36 Å². The van der Waals surface area contributed by atoms with E-state index in [1.165, 1.54) is 0 Å². The van der Waals surface area contributed by atoms with E-state index in [-0.39, 0.29) is 6.61 Å². The quantitative estimate of drug-likeness (QED) is 0.522. The van der Waals surface area contributed by atoms with Crippen molar-refractivity contribution >= 4 is 29.1 Å². The average molecular weight is 414 g/mol. The molecule has 3 aromatic rings. The Labute approximate surface area is 169 Å². The summed E-state index contributed by atoms with van der Waals surface area (Å²) in [6.45, 7) is -1.41. The lowest BCUT2D eigenvalue weighted by atomic mass is 10.1. The van der Waals surface area contributed by atoms with Crippen LogP contribution in [0.2, 0.25) is 0 Å². The van der Waals surface area contributed by atoms with Crippen LogP contribution in [-0.2, 0) is 15.9 Å². The summed E-state index contributed by atoms with van der Waals surface area (Å²) < 4.78 is 18.8. The zero-order valence-electron chi connectivity index (χ0n) is 15.4. The first kappa shape index (κ1) is 20.2. The fourth-order valence-electron chi connectivity index (χ4n) is 2.76. The average Bonchev–Trinajstić information content (AvgIpc) is 2.72. The van der Waals surface area contributed by atoms with Crippen LogP contribution in [0.25, 0.3) is 0 Å². The molecular weight excluding hydrogens is 393 g/mol. The van der Waals surface area contributed by atoms with Crippen LogP contribution in [0.4, 0.5) is 4.79 Å². The van der Waals surface area contributed by atoms with Crippen molar-refractivity contribution in [3.63, 3.8) is 0 Å². The molecule has 3 rings (SSSR count). The van der Waals surface area contributed by atoms with Crippen LogP contribution < -0.4 is 10.6 Å². The minimum Gasteiger partial charge on any atom is -0.445 e. The van der Waals surface area contributed by atoms with E-state index >= 15 is 0 Å². The number of hydrogen-bond acceptors (Lipinski definition) is 3. The molecule has 3 aromatic carbocycles. The fourth-order valence-corrected chi connectivity index (χ4v) is 5.29. The minimum absolute atomic E-state index is 0.116. The number of rotatable bonds is 6. The van der Waals surface area contributed by atoms with Crippen LogP contribution in [-0.4, -0.2) is 6.09 Å². The Hall–Kier alpha value is -2.55. The van der Waals surface area contributed by atoms with E-state index < -0.39 is 18.4 Å². The molecular formula is C22H21ClNO3P. The zero-order chi connectivity index (χ0) is 20.0. The Kier molecular flexibility index (Phi) is 6.56. The molecule has 144 valence electrons.